The van der Waals surface area contributed by atoms with Crippen molar-refractivity contribution in [2.75, 3.05) is 59.2 Å². The Bertz CT molecular complexity index is 2640. The Kier molecular flexibility index (Phi) is 12.7. The van der Waals surface area contributed by atoms with Gasteiger partial charge in [0.05, 0.1) is 45.4 Å². The summed E-state index contributed by atoms with van der Waals surface area (Å²) in [5.41, 5.74) is 4.72. The highest BCUT2D eigenvalue weighted by Crippen LogP contribution is 2.57. The molecular weight excluding hydrogens is 888 g/mol. The van der Waals surface area contributed by atoms with Crippen LogP contribution < -0.4 is 0 Å². The number of rotatable bonds is 7. The number of amides is 4. The molecule has 5 aliphatic rings. The summed E-state index contributed by atoms with van der Waals surface area (Å²) in [7, 11) is 10.2. The average Bonchev–Trinajstić information content (AvgIpc) is 3.92. The molecule has 7 heterocycles. The maximum absolute atomic E-state index is 15.4. The van der Waals surface area contributed by atoms with Crippen LogP contribution in [0.4, 0.5) is 4.79 Å². The van der Waals surface area contributed by atoms with Crippen LogP contribution in [0.25, 0.3) is 33.4 Å². The molecule has 3 aromatic heterocycles. The predicted molar refractivity (Wildman–Crippen MR) is 259 cm³/mol. The van der Waals surface area contributed by atoms with Crippen LogP contribution in [0.2, 0.25) is 0 Å². The standard InChI is InChI=1S/C49H59BN8O7S2/c1-9-36(59)54-19-21-55(22-20-54)47(63)53(7)40(28(3)4)42(60)44-49(27-67-44)24-35-52-32(25-66-35)29-15-16-33-31(23-29)37-38(43(64-8)39-30(13-11-17-51-39)41(37)56(33)10-2)48(5,6)26-65-45(61)34-14-12-18-57(46(49)62)58(34)50/h9,11,13,15-17,23,25,28,34,38,40,43-44H,1,10,12,14,18-22,24,26-27H2,2-8H3/t34-,38?,40-,43-,44?,49-/m0/s1. The van der Waals surface area contributed by atoms with E-state index in [0.717, 1.165) is 44.7 Å². The smallest absolute Gasteiger partial charge is 0.323 e. The van der Waals surface area contributed by atoms with Gasteiger partial charge in [0.15, 0.2) is 5.78 Å². The molecule has 9 rings (SSSR count). The zero-order valence-corrected chi connectivity index (χ0v) is 41.0. The lowest BCUT2D eigenvalue weighted by Crippen LogP contribution is -2.68. The fraction of sp³-hybridized carbons (Fsp3) is 0.531. The van der Waals surface area contributed by atoms with E-state index in [1.54, 1.807) is 30.2 Å². The number of likely N-dealkylation sites (N-methyl/N-ethyl adjacent to an activating group) is 1. The number of urea groups is 1. The number of thioether (sulfide) groups is 1. The number of aromatic nitrogens is 3. The zero-order chi connectivity index (χ0) is 47.7. The van der Waals surface area contributed by atoms with Crippen LogP contribution >= 0.6 is 23.1 Å². The number of nitrogens with zero attached hydrogens (tertiary/aromatic N) is 8. The monoisotopic (exact) mass is 946 g/mol. The highest BCUT2D eigenvalue weighted by molar-refractivity contribution is 8.02. The number of pyridine rings is 1. The molecule has 4 aromatic rings. The molecule has 3 saturated heterocycles. The Balaban J connectivity index is 1.13. The van der Waals surface area contributed by atoms with Crippen LogP contribution in [0.5, 0.6) is 0 Å². The molecule has 6 atom stereocenters. The van der Waals surface area contributed by atoms with Crippen LogP contribution in [0.3, 0.4) is 0 Å². The first-order valence-electron chi connectivity index (χ1n) is 23.3. The van der Waals surface area contributed by atoms with Gasteiger partial charge in [0.2, 0.25) is 19.8 Å². The van der Waals surface area contributed by atoms with Crippen molar-refractivity contribution in [3.8, 4) is 22.5 Å². The van der Waals surface area contributed by atoms with E-state index in [4.69, 9.17) is 27.4 Å². The van der Waals surface area contributed by atoms with Gasteiger partial charge in [-0.25, -0.2) is 9.78 Å². The molecule has 4 aliphatic heterocycles. The number of aryl methyl sites for hydroxylation is 1. The number of thiazole rings is 1. The van der Waals surface area contributed by atoms with Gasteiger partial charge in [-0.15, -0.1) is 23.1 Å². The molecule has 1 aromatic carbocycles. The lowest BCUT2D eigenvalue weighted by molar-refractivity contribution is -0.171. The number of esters is 1. The molecule has 15 nitrogen and oxygen atoms in total. The molecule has 4 amide bonds. The second kappa shape index (κ2) is 18.1. The number of benzene rings is 1. The van der Waals surface area contributed by atoms with Gasteiger partial charge in [-0.3, -0.25) is 34.1 Å². The van der Waals surface area contributed by atoms with Crippen molar-refractivity contribution in [3.05, 3.63) is 70.8 Å². The molecular formula is C49H59BN8O7S2. The lowest BCUT2D eigenvalue weighted by atomic mass is 9.67. The SMILES string of the molecule is [B]N1[C@H]2CCCN1C(=O)[C@]1(CSC1C(=O)[C@H](C(C)C)N(C)C(=O)N1CCN(C(=O)C=C)CC1)Cc1nc(cs1)-c1ccc3c(c1)c1c(n3CC)-c3cccnc3[C@@H](OC)C1C(C)(C)COC2=O. The third-order valence-electron chi connectivity index (χ3n) is 14.7. The minimum absolute atomic E-state index is 0.0345. The van der Waals surface area contributed by atoms with Gasteiger partial charge >= 0.3 is 12.0 Å². The summed E-state index contributed by atoms with van der Waals surface area (Å²) in [4.78, 5) is 87.5. The Morgan fingerprint density at radius 2 is 1.85 bits per heavy atom. The number of cyclic esters (lactones) is 1. The van der Waals surface area contributed by atoms with Crippen molar-refractivity contribution >= 4 is 71.6 Å². The predicted octanol–water partition coefficient (Wildman–Crippen LogP) is 6.13. The van der Waals surface area contributed by atoms with Gasteiger partial charge in [0.1, 0.15) is 12.1 Å². The summed E-state index contributed by atoms with van der Waals surface area (Å²) in [5, 5.41) is 4.33. The third-order valence-corrected chi connectivity index (χ3v) is 17.3. The molecule has 3 fully saturated rings. The number of carbonyl (C=O) groups excluding carboxylic acids is 5. The summed E-state index contributed by atoms with van der Waals surface area (Å²) in [5.74, 6) is -1.59. The van der Waals surface area contributed by atoms with Gasteiger partial charge in [-0.2, -0.15) is 0 Å². The molecule has 2 unspecified atom stereocenters. The van der Waals surface area contributed by atoms with E-state index < -0.39 is 40.2 Å². The first-order chi connectivity index (χ1) is 32.1. The second-order valence-corrected chi connectivity index (χ2v) is 21.6. The molecule has 1 spiro atoms. The van der Waals surface area contributed by atoms with Crippen molar-refractivity contribution in [2.24, 2.45) is 16.7 Å². The van der Waals surface area contributed by atoms with Crippen LogP contribution in [0.15, 0.2) is 54.6 Å². The topological polar surface area (TPSA) is 151 Å². The maximum Gasteiger partial charge on any atom is 0.323 e. The average molecular weight is 947 g/mol. The largest absolute Gasteiger partial charge is 0.464 e. The second-order valence-electron chi connectivity index (χ2n) is 19.5. The summed E-state index contributed by atoms with van der Waals surface area (Å²) < 4.78 is 15.0. The lowest BCUT2D eigenvalue weighted by Gasteiger charge is -2.53. The molecule has 67 heavy (non-hydrogen) atoms. The van der Waals surface area contributed by atoms with Gasteiger partial charge < -0.3 is 28.7 Å². The normalized spacial score (nSPS) is 25.6. The van der Waals surface area contributed by atoms with Crippen LogP contribution in [-0.4, -0.2) is 153 Å². The molecule has 1 aliphatic carbocycles. The van der Waals surface area contributed by atoms with E-state index in [1.807, 2.05) is 25.3 Å². The minimum atomic E-state index is -1.29. The number of hydrazine groups is 1. The van der Waals surface area contributed by atoms with Crippen LogP contribution in [0.1, 0.15) is 75.7 Å². The first kappa shape index (κ1) is 47.0. The Hall–Kier alpha value is -5.04. The summed E-state index contributed by atoms with van der Waals surface area (Å²) in [6.45, 7) is 16.0. The van der Waals surface area contributed by atoms with Crippen molar-refractivity contribution in [3.63, 3.8) is 0 Å². The maximum atomic E-state index is 15.4. The van der Waals surface area contributed by atoms with Crippen molar-refractivity contribution < 1.29 is 33.4 Å². The number of hydrogen-bond donors (Lipinski definition) is 0. The number of hydrogen-bond acceptors (Lipinski definition) is 12. The third kappa shape index (κ3) is 7.79. The van der Waals surface area contributed by atoms with Crippen molar-refractivity contribution in [1.82, 2.24) is 39.2 Å². The highest BCUT2D eigenvalue weighted by Gasteiger charge is 2.61. The molecule has 0 saturated carbocycles. The number of carbonyl (C=O) groups is 5. The summed E-state index contributed by atoms with van der Waals surface area (Å²) >= 11 is 2.84. The van der Waals surface area contributed by atoms with E-state index in [9.17, 15) is 14.4 Å². The minimum Gasteiger partial charge on any atom is -0.464 e. The van der Waals surface area contributed by atoms with E-state index in [2.05, 4.69) is 56.2 Å². The summed E-state index contributed by atoms with van der Waals surface area (Å²) in [6, 6.07) is 8.33. The molecule has 6 bridgehead atoms. The molecule has 18 heteroatoms. The van der Waals surface area contributed by atoms with Gasteiger partial charge in [0.25, 0.3) is 0 Å². The van der Waals surface area contributed by atoms with E-state index in [0.29, 0.717) is 56.3 Å². The van der Waals surface area contributed by atoms with E-state index in [-0.39, 0.29) is 55.0 Å². The number of Topliss-reactive ketones (excluding diaryl/α,β-unsaturated/α-hetero) is 1. The Morgan fingerprint density at radius 3 is 2.52 bits per heavy atom. The fourth-order valence-electron chi connectivity index (χ4n) is 11.3. The Morgan fingerprint density at radius 1 is 1.10 bits per heavy atom. The highest BCUT2D eigenvalue weighted by atomic mass is 32.2. The number of fused-ring (bicyclic) bond motifs is 8. The van der Waals surface area contributed by atoms with E-state index in [1.165, 1.54) is 44.0 Å². The zero-order valence-electron chi connectivity index (χ0n) is 39.4. The van der Waals surface area contributed by atoms with Gasteiger partial charge in [0, 0.05) is 111 Å². The number of piperazine rings is 1. The van der Waals surface area contributed by atoms with Gasteiger partial charge in [-0.05, 0) is 61.6 Å². The Labute approximate surface area is 401 Å². The van der Waals surface area contributed by atoms with E-state index >= 15 is 9.59 Å². The first-order valence-corrected chi connectivity index (χ1v) is 25.2. The number of ketones is 1. The number of methoxy groups -OCH3 is 1. The summed E-state index contributed by atoms with van der Waals surface area (Å²) in [6.07, 6.45) is 3.62. The molecule has 0 N–H and O–H groups in total. The fourth-order valence-corrected chi connectivity index (χ4v) is 13.7. The van der Waals surface area contributed by atoms with Crippen molar-refractivity contribution in [2.45, 2.75) is 89.8 Å². The van der Waals surface area contributed by atoms with Crippen molar-refractivity contribution in [1.29, 1.82) is 0 Å². The number of ether oxygens (including phenoxy) is 2. The van der Waals surface area contributed by atoms with Crippen LogP contribution in [0, 0.1) is 16.7 Å². The van der Waals surface area contributed by atoms with Crippen LogP contribution in [-0.2, 0) is 41.6 Å². The molecule has 2 radical (unpaired) electrons. The van der Waals surface area contributed by atoms with Gasteiger partial charge in [-0.1, -0.05) is 40.3 Å². The quantitative estimate of drug-likeness (QED) is 0.120. The molecule has 352 valence electrons.